The Morgan fingerprint density at radius 3 is 1.07 bits per heavy atom. The van der Waals surface area contributed by atoms with Gasteiger partial charge in [0.1, 0.15) is 0 Å². The summed E-state index contributed by atoms with van der Waals surface area (Å²) in [7, 11) is 8.04. The van der Waals surface area contributed by atoms with Crippen molar-refractivity contribution in [3.63, 3.8) is 0 Å². The number of rotatable bonds is 9. The average molecular weight is 516 g/mol. The van der Waals surface area contributed by atoms with E-state index in [1.54, 1.807) is 24.8 Å². The van der Waals surface area contributed by atoms with Crippen LogP contribution >= 0.6 is 31.9 Å². The van der Waals surface area contributed by atoms with Gasteiger partial charge in [-0.05, 0) is 37.1 Å². The highest BCUT2D eigenvalue weighted by Gasteiger charge is 1.90. The van der Waals surface area contributed by atoms with Crippen LogP contribution in [0, 0.1) is 0 Å². The molecule has 0 aromatic carbocycles. The zero-order chi connectivity index (χ0) is 21.0. The third-order valence-electron chi connectivity index (χ3n) is 3.88. The highest BCUT2D eigenvalue weighted by Crippen LogP contribution is 2.07. The van der Waals surface area contributed by atoms with E-state index in [1.807, 2.05) is 62.3 Å². The lowest BCUT2D eigenvalue weighted by Gasteiger charge is -2.10. The Labute approximate surface area is 189 Å². The van der Waals surface area contributed by atoms with E-state index in [1.165, 1.54) is 60.6 Å². The van der Waals surface area contributed by atoms with Crippen LogP contribution in [0.4, 0.5) is 11.4 Å². The maximum atomic E-state index is 3.90. The van der Waals surface area contributed by atoms with Crippen molar-refractivity contribution in [2.45, 2.75) is 38.5 Å². The van der Waals surface area contributed by atoms with Gasteiger partial charge in [0.25, 0.3) is 0 Å². The van der Waals surface area contributed by atoms with Crippen LogP contribution in [0.25, 0.3) is 0 Å². The Morgan fingerprint density at radius 2 is 0.857 bits per heavy atom. The molecule has 28 heavy (non-hydrogen) atoms. The molecule has 0 saturated heterocycles. The molecule has 0 unspecified atom stereocenters. The number of pyridine rings is 2. The molecule has 158 valence electrons. The van der Waals surface area contributed by atoms with Crippen LogP contribution in [0.2, 0.25) is 0 Å². The van der Waals surface area contributed by atoms with E-state index in [9.17, 15) is 0 Å². The van der Waals surface area contributed by atoms with Crippen LogP contribution in [-0.2, 0) is 0 Å². The molecule has 0 aliphatic heterocycles. The summed E-state index contributed by atoms with van der Waals surface area (Å²) in [5, 5.41) is 2.34. The van der Waals surface area contributed by atoms with E-state index in [4.69, 9.17) is 0 Å². The van der Waals surface area contributed by atoms with Gasteiger partial charge in [0.15, 0.2) is 0 Å². The second-order valence-electron chi connectivity index (χ2n) is 6.70. The first-order chi connectivity index (χ1) is 13.5. The van der Waals surface area contributed by atoms with Crippen LogP contribution in [0.15, 0.2) is 49.1 Å². The Kier molecular flexibility index (Phi) is 18.4. The van der Waals surface area contributed by atoms with Crippen molar-refractivity contribution >= 4 is 43.2 Å². The van der Waals surface area contributed by atoms with Crippen molar-refractivity contribution < 1.29 is 0 Å². The van der Waals surface area contributed by atoms with Crippen molar-refractivity contribution in [1.82, 2.24) is 9.97 Å². The second kappa shape index (κ2) is 19.2. The van der Waals surface area contributed by atoms with Gasteiger partial charge in [-0.1, -0.05) is 57.5 Å². The molecule has 6 heteroatoms. The first-order valence-corrected chi connectivity index (χ1v) is 12.0. The zero-order valence-electron chi connectivity index (χ0n) is 17.8. The third kappa shape index (κ3) is 15.9. The Bertz CT molecular complexity index is 499. The number of aromatic nitrogens is 2. The monoisotopic (exact) mass is 514 g/mol. The average Bonchev–Trinajstić information content (AvgIpc) is 2.73. The van der Waals surface area contributed by atoms with Crippen LogP contribution in [0.1, 0.15) is 38.5 Å². The summed E-state index contributed by atoms with van der Waals surface area (Å²) in [5.74, 6) is 0. The van der Waals surface area contributed by atoms with Gasteiger partial charge in [0.2, 0.25) is 0 Å². The quantitative estimate of drug-likeness (QED) is 0.285. The fraction of sp³-hybridized carbons (Fsp3) is 0.545. The molecule has 0 fully saturated rings. The number of halogens is 2. The molecule has 0 saturated carbocycles. The summed E-state index contributed by atoms with van der Waals surface area (Å²) in [5.41, 5.74) is 2.37. The van der Waals surface area contributed by atoms with Gasteiger partial charge in [-0.25, -0.2) is 0 Å². The highest BCUT2D eigenvalue weighted by atomic mass is 79.9. The Hall–Kier alpha value is -1.14. The van der Waals surface area contributed by atoms with E-state index in [-0.39, 0.29) is 0 Å². The van der Waals surface area contributed by atoms with Gasteiger partial charge in [-0.15, -0.1) is 0 Å². The lowest BCUT2D eigenvalue weighted by molar-refractivity contribution is 0.631. The van der Waals surface area contributed by atoms with E-state index in [0.717, 1.165) is 0 Å². The highest BCUT2D eigenvalue weighted by molar-refractivity contribution is 9.09. The normalized spacial score (nSPS) is 9.50. The summed E-state index contributed by atoms with van der Waals surface area (Å²) >= 11 is 6.85. The Morgan fingerprint density at radius 1 is 0.571 bits per heavy atom. The first kappa shape index (κ1) is 26.9. The SMILES string of the molecule is BrCCCCCCCCBr.CN(C)c1ccncc1.CN(C)c1ccncc1. The number of unbranched alkanes of at least 4 members (excludes halogenated alkanes) is 5. The van der Waals surface area contributed by atoms with Gasteiger partial charge in [0.05, 0.1) is 0 Å². The largest absolute Gasteiger partial charge is 0.378 e. The molecule has 0 amide bonds. The molecule has 0 N–H and O–H groups in total. The van der Waals surface area contributed by atoms with Crippen LogP contribution in [-0.4, -0.2) is 48.8 Å². The molecule has 0 radical (unpaired) electrons. The summed E-state index contributed by atoms with van der Waals surface area (Å²) in [6.45, 7) is 0. The van der Waals surface area contributed by atoms with Crippen LogP contribution in [0.3, 0.4) is 0 Å². The lowest BCUT2D eigenvalue weighted by Crippen LogP contribution is -2.07. The molecular weight excluding hydrogens is 480 g/mol. The van der Waals surface area contributed by atoms with E-state index in [0.29, 0.717) is 0 Å². The maximum absolute atomic E-state index is 3.90. The lowest BCUT2D eigenvalue weighted by atomic mass is 10.1. The summed E-state index contributed by atoms with van der Waals surface area (Å²) in [4.78, 5) is 11.9. The van der Waals surface area contributed by atoms with Gasteiger partial charge < -0.3 is 9.80 Å². The maximum Gasteiger partial charge on any atom is 0.0391 e. The number of alkyl halides is 2. The fourth-order valence-corrected chi connectivity index (χ4v) is 2.97. The molecule has 0 spiro atoms. The molecule has 2 heterocycles. The van der Waals surface area contributed by atoms with Gasteiger partial charge in [0, 0.05) is 75.0 Å². The molecule has 2 aromatic heterocycles. The number of anilines is 2. The summed E-state index contributed by atoms with van der Waals surface area (Å²) in [6.07, 6.45) is 15.5. The molecule has 0 aliphatic carbocycles. The van der Waals surface area contributed by atoms with Gasteiger partial charge in [-0.3, -0.25) is 9.97 Å². The van der Waals surface area contributed by atoms with E-state index in [2.05, 4.69) is 41.8 Å². The minimum atomic E-state index is 1.17. The number of nitrogens with zero attached hydrogens (tertiary/aromatic N) is 4. The molecule has 2 aromatic rings. The fourth-order valence-electron chi connectivity index (χ4n) is 2.18. The third-order valence-corrected chi connectivity index (χ3v) is 5.00. The second-order valence-corrected chi connectivity index (χ2v) is 8.28. The van der Waals surface area contributed by atoms with Crippen molar-refractivity contribution in [3.8, 4) is 0 Å². The first-order valence-electron chi connectivity index (χ1n) is 9.79. The number of hydrogen-bond donors (Lipinski definition) is 0. The van der Waals surface area contributed by atoms with E-state index >= 15 is 0 Å². The predicted octanol–water partition coefficient (Wildman–Crippen LogP) is 6.41. The van der Waals surface area contributed by atoms with Crippen LogP contribution < -0.4 is 9.80 Å². The summed E-state index contributed by atoms with van der Waals surface area (Å²) < 4.78 is 0. The predicted molar refractivity (Wildman–Crippen MR) is 132 cm³/mol. The molecule has 0 atom stereocenters. The molecule has 0 bridgehead atoms. The van der Waals surface area contributed by atoms with Gasteiger partial charge in [-0.2, -0.15) is 0 Å². The smallest absolute Gasteiger partial charge is 0.0391 e. The van der Waals surface area contributed by atoms with Gasteiger partial charge >= 0.3 is 0 Å². The summed E-state index contributed by atoms with van der Waals surface area (Å²) in [6, 6.07) is 7.89. The van der Waals surface area contributed by atoms with Crippen molar-refractivity contribution in [2.75, 3.05) is 48.7 Å². The van der Waals surface area contributed by atoms with Crippen molar-refractivity contribution in [1.29, 1.82) is 0 Å². The number of hydrogen-bond acceptors (Lipinski definition) is 4. The topological polar surface area (TPSA) is 32.3 Å². The molecule has 0 aliphatic rings. The molecular formula is C22H36Br2N4. The molecule has 2 rings (SSSR count). The Balaban J connectivity index is 0.000000391. The zero-order valence-corrected chi connectivity index (χ0v) is 21.0. The molecule has 4 nitrogen and oxygen atoms in total. The minimum Gasteiger partial charge on any atom is -0.378 e. The van der Waals surface area contributed by atoms with Crippen molar-refractivity contribution in [2.24, 2.45) is 0 Å². The standard InChI is InChI=1S/C8H16Br2.2C7H10N2/c9-7-5-3-1-2-4-6-8-10;2*1-9(2)7-3-5-8-6-4-7/h1-8H2;2*3-6H,1-2H3. The minimum absolute atomic E-state index is 1.17. The van der Waals surface area contributed by atoms with Crippen molar-refractivity contribution in [3.05, 3.63) is 49.1 Å². The van der Waals surface area contributed by atoms with E-state index < -0.39 is 0 Å². The van der Waals surface area contributed by atoms with Crippen LogP contribution in [0.5, 0.6) is 0 Å².